The first-order valence-electron chi connectivity index (χ1n) is 4.04. The van der Waals surface area contributed by atoms with Gasteiger partial charge >= 0.3 is 0 Å². The monoisotopic (exact) mass is 142 g/mol. The van der Waals surface area contributed by atoms with Gasteiger partial charge in [0.25, 0.3) is 0 Å². The standard InChI is InChI=1S/C8H14O2/c1-9-5-6-2-3-7-8(4-6)10-7/h6-8H,2-5H2,1H3/t6?,7-,8?/m1/s1. The number of hydrogen-bond acceptors (Lipinski definition) is 2. The molecule has 2 rings (SSSR count). The van der Waals surface area contributed by atoms with Crippen LogP contribution in [0.15, 0.2) is 0 Å². The maximum absolute atomic E-state index is 5.40. The minimum atomic E-state index is 0.605. The Hall–Kier alpha value is -0.0800. The summed E-state index contributed by atoms with van der Waals surface area (Å²) < 4.78 is 10.5. The van der Waals surface area contributed by atoms with E-state index in [1.54, 1.807) is 7.11 Å². The van der Waals surface area contributed by atoms with Gasteiger partial charge in [-0.1, -0.05) is 0 Å². The Balaban J connectivity index is 1.77. The van der Waals surface area contributed by atoms with E-state index in [4.69, 9.17) is 9.47 Å². The highest BCUT2D eigenvalue weighted by atomic mass is 16.6. The second-order valence-electron chi connectivity index (χ2n) is 3.35. The van der Waals surface area contributed by atoms with Crippen molar-refractivity contribution < 1.29 is 9.47 Å². The molecule has 1 saturated carbocycles. The van der Waals surface area contributed by atoms with Gasteiger partial charge in [-0.2, -0.15) is 0 Å². The lowest BCUT2D eigenvalue weighted by atomic mass is 9.90. The maximum Gasteiger partial charge on any atom is 0.0845 e. The summed E-state index contributed by atoms with van der Waals surface area (Å²) in [6.45, 7) is 0.923. The van der Waals surface area contributed by atoms with Crippen LogP contribution < -0.4 is 0 Å². The molecule has 1 aliphatic carbocycles. The van der Waals surface area contributed by atoms with Crippen LogP contribution >= 0.6 is 0 Å². The van der Waals surface area contributed by atoms with E-state index >= 15 is 0 Å². The molecule has 2 aliphatic rings. The smallest absolute Gasteiger partial charge is 0.0845 e. The van der Waals surface area contributed by atoms with E-state index < -0.39 is 0 Å². The van der Waals surface area contributed by atoms with Gasteiger partial charge in [0.15, 0.2) is 0 Å². The predicted octanol–water partition coefficient (Wildman–Crippen LogP) is 1.20. The van der Waals surface area contributed by atoms with Gasteiger partial charge in [-0.25, -0.2) is 0 Å². The molecular weight excluding hydrogens is 128 g/mol. The van der Waals surface area contributed by atoms with Crippen LogP contribution in [0.25, 0.3) is 0 Å². The first kappa shape index (κ1) is 6.62. The zero-order chi connectivity index (χ0) is 6.97. The fourth-order valence-electron chi connectivity index (χ4n) is 1.87. The van der Waals surface area contributed by atoms with Gasteiger partial charge in [0.2, 0.25) is 0 Å². The quantitative estimate of drug-likeness (QED) is 0.540. The van der Waals surface area contributed by atoms with Crippen LogP contribution in [0.2, 0.25) is 0 Å². The summed E-state index contributed by atoms with van der Waals surface area (Å²) in [5, 5.41) is 0. The number of methoxy groups -OCH3 is 1. The van der Waals surface area contributed by atoms with Gasteiger partial charge in [-0.3, -0.25) is 0 Å². The third-order valence-electron chi connectivity index (χ3n) is 2.52. The van der Waals surface area contributed by atoms with Gasteiger partial charge in [-0.05, 0) is 25.2 Å². The zero-order valence-electron chi connectivity index (χ0n) is 6.38. The van der Waals surface area contributed by atoms with Crippen LogP contribution in [0, 0.1) is 5.92 Å². The van der Waals surface area contributed by atoms with Crippen molar-refractivity contribution in [3.05, 3.63) is 0 Å². The molecule has 2 nitrogen and oxygen atoms in total. The molecule has 0 radical (unpaired) electrons. The summed E-state index contributed by atoms with van der Waals surface area (Å²) in [7, 11) is 1.78. The van der Waals surface area contributed by atoms with Gasteiger partial charge in [0.05, 0.1) is 12.2 Å². The number of epoxide rings is 1. The highest BCUT2D eigenvalue weighted by Gasteiger charge is 2.43. The fourth-order valence-corrected chi connectivity index (χ4v) is 1.87. The van der Waals surface area contributed by atoms with Crippen molar-refractivity contribution in [3.63, 3.8) is 0 Å². The molecule has 1 heterocycles. The lowest BCUT2D eigenvalue weighted by Crippen LogP contribution is -2.17. The first-order valence-corrected chi connectivity index (χ1v) is 4.04. The molecule has 10 heavy (non-hydrogen) atoms. The Morgan fingerprint density at radius 3 is 3.00 bits per heavy atom. The molecule has 0 spiro atoms. The Labute approximate surface area is 61.5 Å². The van der Waals surface area contributed by atoms with Crippen LogP contribution in [0.3, 0.4) is 0 Å². The Bertz CT molecular complexity index is 124. The molecule has 0 amide bonds. The van der Waals surface area contributed by atoms with E-state index in [-0.39, 0.29) is 0 Å². The van der Waals surface area contributed by atoms with Crippen molar-refractivity contribution in [2.45, 2.75) is 31.5 Å². The summed E-state index contributed by atoms with van der Waals surface area (Å²) in [5.41, 5.74) is 0. The highest BCUT2D eigenvalue weighted by molar-refractivity contribution is 4.91. The lowest BCUT2D eigenvalue weighted by Gasteiger charge is -2.16. The van der Waals surface area contributed by atoms with Crippen molar-refractivity contribution in [1.82, 2.24) is 0 Å². The molecule has 0 aromatic carbocycles. The lowest BCUT2D eigenvalue weighted by molar-refractivity contribution is 0.136. The number of rotatable bonds is 2. The molecule has 2 heteroatoms. The zero-order valence-corrected chi connectivity index (χ0v) is 6.38. The predicted molar refractivity (Wildman–Crippen MR) is 37.9 cm³/mol. The van der Waals surface area contributed by atoms with Crippen LogP contribution in [0.1, 0.15) is 19.3 Å². The molecule has 2 unspecified atom stereocenters. The summed E-state index contributed by atoms with van der Waals surface area (Å²) in [5.74, 6) is 0.772. The van der Waals surface area contributed by atoms with E-state index in [1.807, 2.05) is 0 Å². The number of fused-ring (bicyclic) bond motifs is 1. The largest absolute Gasteiger partial charge is 0.384 e. The van der Waals surface area contributed by atoms with Crippen LogP contribution in [-0.4, -0.2) is 25.9 Å². The average Bonchev–Trinajstić information content (AvgIpc) is 2.66. The summed E-state index contributed by atoms with van der Waals surface area (Å²) >= 11 is 0. The molecule has 0 N–H and O–H groups in total. The van der Waals surface area contributed by atoms with Crippen LogP contribution in [0.5, 0.6) is 0 Å². The third kappa shape index (κ3) is 1.18. The van der Waals surface area contributed by atoms with Crippen molar-refractivity contribution in [1.29, 1.82) is 0 Å². The first-order chi connectivity index (χ1) is 4.90. The molecule has 58 valence electrons. The van der Waals surface area contributed by atoms with E-state index in [0.717, 1.165) is 12.5 Å². The molecule has 0 aromatic rings. The molecule has 0 bridgehead atoms. The maximum atomic E-state index is 5.40. The van der Waals surface area contributed by atoms with E-state index in [9.17, 15) is 0 Å². The second kappa shape index (κ2) is 2.51. The Kier molecular flexibility index (Phi) is 1.66. The molecule has 3 atom stereocenters. The van der Waals surface area contributed by atoms with Gasteiger partial charge < -0.3 is 9.47 Å². The highest BCUT2D eigenvalue weighted by Crippen LogP contribution is 2.39. The topological polar surface area (TPSA) is 21.8 Å². The summed E-state index contributed by atoms with van der Waals surface area (Å²) in [6, 6.07) is 0. The van der Waals surface area contributed by atoms with E-state index in [1.165, 1.54) is 19.3 Å². The van der Waals surface area contributed by atoms with Gasteiger partial charge in [-0.15, -0.1) is 0 Å². The fraction of sp³-hybridized carbons (Fsp3) is 1.00. The molecule has 1 saturated heterocycles. The molecular formula is C8H14O2. The minimum absolute atomic E-state index is 0.605. The molecule has 1 aliphatic heterocycles. The molecule has 0 aromatic heterocycles. The molecule has 2 fully saturated rings. The van der Waals surface area contributed by atoms with Gasteiger partial charge in [0.1, 0.15) is 0 Å². The van der Waals surface area contributed by atoms with Crippen molar-refractivity contribution in [3.8, 4) is 0 Å². The van der Waals surface area contributed by atoms with Crippen molar-refractivity contribution in [2.24, 2.45) is 5.92 Å². The van der Waals surface area contributed by atoms with Crippen LogP contribution in [0.4, 0.5) is 0 Å². The average molecular weight is 142 g/mol. The van der Waals surface area contributed by atoms with Crippen molar-refractivity contribution in [2.75, 3.05) is 13.7 Å². The number of ether oxygens (including phenoxy) is 2. The summed E-state index contributed by atoms with van der Waals surface area (Å²) in [6.07, 6.45) is 5.04. The normalized spacial score (nSPS) is 44.7. The SMILES string of the molecule is COCC1CC[C@H]2OC2C1. The number of hydrogen-bond donors (Lipinski definition) is 0. The van der Waals surface area contributed by atoms with E-state index in [2.05, 4.69) is 0 Å². The van der Waals surface area contributed by atoms with E-state index in [0.29, 0.717) is 12.2 Å². The second-order valence-corrected chi connectivity index (χ2v) is 3.35. The van der Waals surface area contributed by atoms with Crippen molar-refractivity contribution >= 4 is 0 Å². The minimum Gasteiger partial charge on any atom is -0.384 e. The Morgan fingerprint density at radius 1 is 1.40 bits per heavy atom. The summed E-state index contributed by atoms with van der Waals surface area (Å²) in [4.78, 5) is 0. The van der Waals surface area contributed by atoms with Gasteiger partial charge in [0, 0.05) is 13.7 Å². The van der Waals surface area contributed by atoms with Crippen LogP contribution in [-0.2, 0) is 9.47 Å². The Morgan fingerprint density at radius 2 is 2.30 bits per heavy atom. The third-order valence-corrected chi connectivity index (χ3v) is 2.52.